The van der Waals surface area contributed by atoms with E-state index in [1.54, 1.807) is 43.5 Å². The first-order chi connectivity index (χ1) is 12.4. The molecule has 0 amide bonds. The number of anilines is 2. The minimum Gasteiger partial charge on any atom is -0.337 e. The van der Waals surface area contributed by atoms with Crippen molar-refractivity contribution >= 4 is 28.9 Å². The summed E-state index contributed by atoms with van der Waals surface area (Å²) in [5.74, 6) is -0.0748. The van der Waals surface area contributed by atoms with Gasteiger partial charge in [-0.15, -0.1) is 0 Å². The second kappa shape index (κ2) is 6.92. The predicted octanol–water partition coefficient (Wildman–Crippen LogP) is 4.25. The molecule has 0 aliphatic heterocycles. The van der Waals surface area contributed by atoms with Crippen LogP contribution in [0.25, 0.3) is 11.2 Å². The molecule has 0 atom stereocenters. The van der Waals surface area contributed by atoms with E-state index < -0.39 is 5.82 Å². The Bertz CT molecular complexity index is 1100. The molecule has 0 saturated heterocycles. The van der Waals surface area contributed by atoms with Gasteiger partial charge in [-0.25, -0.2) is 9.37 Å². The molecular weight excluding hydrogens is 331 g/mol. The van der Waals surface area contributed by atoms with Crippen molar-refractivity contribution < 1.29 is 4.39 Å². The molecule has 0 fully saturated rings. The molecule has 2 aromatic heterocycles. The Labute approximate surface area is 150 Å². The lowest BCUT2D eigenvalue weighted by Gasteiger charge is -2.12. The molecule has 1 aromatic carbocycles. The molecule has 6 heteroatoms. The fourth-order valence-corrected chi connectivity index (χ4v) is 2.70. The Kier molecular flexibility index (Phi) is 4.67. The minimum absolute atomic E-state index is 0.243. The van der Waals surface area contributed by atoms with Gasteiger partial charge in [0.1, 0.15) is 17.3 Å². The van der Waals surface area contributed by atoms with E-state index in [0.717, 1.165) is 11.1 Å². The zero-order valence-electron chi connectivity index (χ0n) is 14.8. The lowest BCUT2D eigenvalue weighted by molar-refractivity contribution is 0.630. The Morgan fingerprint density at radius 2 is 2.04 bits per heavy atom. The van der Waals surface area contributed by atoms with E-state index >= 15 is 0 Å². The molecular formula is C20H19FN4O. The maximum Gasteiger partial charge on any atom is 0.262 e. The van der Waals surface area contributed by atoms with E-state index in [1.165, 1.54) is 16.7 Å². The van der Waals surface area contributed by atoms with Crippen molar-refractivity contribution in [2.24, 2.45) is 0 Å². The summed E-state index contributed by atoms with van der Waals surface area (Å²) in [6.45, 7) is 5.29. The summed E-state index contributed by atoms with van der Waals surface area (Å²) in [6, 6.07) is 8.34. The fourth-order valence-electron chi connectivity index (χ4n) is 2.70. The monoisotopic (exact) mass is 350 g/mol. The van der Waals surface area contributed by atoms with Crippen LogP contribution >= 0.6 is 0 Å². The van der Waals surface area contributed by atoms with Crippen LogP contribution in [-0.2, 0) is 0 Å². The van der Waals surface area contributed by atoms with E-state index in [2.05, 4.69) is 10.3 Å². The number of allylic oxidation sites excluding steroid dienone is 2. The van der Waals surface area contributed by atoms with Crippen molar-refractivity contribution in [3.8, 4) is 0 Å². The third-order valence-corrected chi connectivity index (χ3v) is 4.23. The number of rotatable bonds is 4. The summed E-state index contributed by atoms with van der Waals surface area (Å²) >= 11 is 0. The number of aromatic nitrogens is 2. The Morgan fingerprint density at radius 1 is 1.27 bits per heavy atom. The van der Waals surface area contributed by atoms with Crippen molar-refractivity contribution in [3.05, 3.63) is 75.5 Å². The summed E-state index contributed by atoms with van der Waals surface area (Å²) in [4.78, 5) is 17.2. The molecule has 5 nitrogen and oxygen atoms in total. The number of nitrogens with zero attached hydrogens (tertiary/aromatic N) is 2. The Hall–Kier alpha value is -3.28. The summed E-state index contributed by atoms with van der Waals surface area (Å²) < 4.78 is 15.5. The second-order valence-electron chi connectivity index (χ2n) is 6.03. The topological polar surface area (TPSA) is 70.2 Å². The van der Waals surface area contributed by atoms with Crippen LogP contribution in [0.3, 0.4) is 0 Å². The first-order valence-electron chi connectivity index (χ1n) is 8.18. The van der Waals surface area contributed by atoms with Crippen molar-refractivity contribution in [2.75, 3.05) is 5.32 Å². The predicted molar refractivity (Wildman–Crippen MR) is 103 cm³/mol. The molecule has 0 saturated carbocycles. The molecule has 0 bridgehead atoms. The molecule has 2 heterocycles. The highest BCUT2D eigenvalue weighted by Crippen LogP contribution is 2.22. The zero-order valence-corrected chi connectivity index (χ0v) is 14.8. The van der Waals surface area contributed by atoms with Crippen molar-refractivity contribution in [2.45, 2.75) is 20.8 Å². The molecule has 2 N–H and O–H groups in total. The van der Waals surface area contributed by atoms with Gasteiger partial charge in [0.25, 0.3) is 5.56 Å². The summed E-state index contributed by atoms with van der Waals surface area (Å²) in [6.07, 6.45) is 4.70. The third-order valence-electron chi connectivity index (χ3n) is 4.23. The molecule has 132 valence electrons. The quantitative estimate of drug-likeness (QED) is 0.691. The first kappa shape index (κ1) is 17.5. The van der Waals surface area contributed by atoms with Crippen molar-refractivity contribution in [1.29, 1.82) is 5.41 Å². The van der Waals surface area contributed by atoms with E-state index in [1.807, 2.05) is 13.8 Å². The number of pyridine rings is 1. The summed E-state index contributed by atoms with van der Waals surface area (Å²) in [7, 11) is 0. The van der Waals surface area contributed by atoms with Gasteiger partial charge < -0.3 is 10.7 Å². The Morgan fingerprint density at radius 3 is 2.69 bits per heavy atom. The van der Waals surface area contributed by atoms with Crippen LogP contribution in [0.15, 0.2) is 47.4 Å². The van der Waals surface area contributed by atoms with E-state index in [9.17, 15) is 9.18 Å². The van der Waals surface area contributed by atoms with Gasteiger partial charge in [-0.3, -0.25) is 9.20 Å². The number of nitrogens with one attached hydrogen (secondary N) is 2. The highest BCUT2D eigenvalue weighted by molar-refractivity contribution is 6.08. The summed E-state index contributed by atoms with van der Waals surface area (Å²) in [5, 5.41) is 10.4. The average Bonchev–Trinajstić information content (AvgIpc) is 2.63. The van der Waals surface area contributed by atoms with Crippen LogP contribution in [0.2, 0.25) is 0 Å². The number of hydrogen-bond donors (Lipinski definition) is 2. The van der Waals surface area contributed by atoms with Gasteiger partial charge in [-0.2, -0.15) is 0 Å². The average molecular weight is 350 g/mol. The van der Waals surface area contributed by atoms with Gasteiger partial charge in [0.05, 0.1) is 11.3 Å². The maximum atomic E-state index is 14.1. The highest BCUT2D eigenvalue weighted by atomic mass is 19.1. The first-order valence-corrected chi connectivity index (χ1v) is 8.18. The van der Waals surface area contributed by atoms with E-state index in [4.69, 9.17) is 5.41 Å². The molecule has 0 aliphatic rings. The molecule has 0 aliphatic carbocycles. The number of halogens is 1. The van der Waals surface area contributed by atoms with Gasteiger partial charge in [-0.1, -0.05) is 12.1 Å². The van der Waals surface area contributed by atoms with E-state index in [0.29, 0.717) is 22.6 Å². The largest absolute Gasteiger partial charge is 0.337 e. The minimum atomic E-state index is -0.398. The van der Waals surface area contributed by atoms with Crippen LogP contribution in [-0.4, -0.2) is 15.6 Å². The van der Waals surface area contributed by atoms with Crippen LogP contribution in [0, 0.1) is 25.1 Å². The lowest BCUT2D eigenvalue weighted by atomic mass is 10.1. The molecule has 3 rings (SSSR count). The smallest absolute Gasteiger partial charge is 0.262 e. The highest BCUT2D eigenvalue weighted by Gasteiger charge is 2.12. The van der Waals surface area contributed by atoms with Crippen LogP contribution in [0.1, 0.15) is 23.6 Å². The van der Waals surface area contributed by atoms with Gasteiger partial charge in [0.15, 0.2) is 0 Å². The normalized spacial score (nSPS) is 11.6. The molecule has 0 radical (unpaired) electrons. The lowest BCUT2D eigenvalue weighted by Crippen LogP contribution is -2.20. The van der Waals surface area contributed by atoms with Gasteiger partial charge in [0.2, 0.25) is 0 Å². The molecule has 3 aromatic rings. The number of benzene rings is 1. The van der Waals surface area contributed by atoms with Crippen LogP contribution in [0.5, 0.6) is 0 Å². The van der Waals surface area contributed by atoms with E-state index in [-0.39, 0.29) is 11.2 Å². The fraction of sp³-hybridized carbons (Fsp3) is 0.150. The number of hydrogen-bond acceptors (Lipinski definition) is 4. The van der Waals surface area contributed by atoms with Crippen molar-refractivity contribution in [3.63, 3.8) is 0 Å². The zero-order chi connectivity index (χ0) is 18.8. The molecule has 0 spiro atoms. The van der Waals surface area contributed by atoms with Crippen molar-refractivity contribution in [1.82, 2.24) is 9.38 Å². The summed E-state index contributed by atoms with van der Waals surface area (Å²) in [5.41, 5.74) is 3.13. The second-order valence-corrected chi connectivity index (χ2v) is 6.03. The maximum absolute atomic E-state index is 14.1. The SMILES string of the molecule is C/C=C(\C=N)c1ccc2nc(Nc3ccc(C)cc3F)c(C)c(=O)n2c1. The number of aryl methyl sites for hydroxylation is 1. The van der Waals surface area contributed by atoms with Gasteiger partial charge >= 0.3 is 0 Å². The van der Waals surface area contributed by atoms with Crippen LogP contribution in [0.4, 0.5) is 15.9 Å². The van der Waals surface area contributed by atoms with Gasteiger partial charge in [0, 0.05) is 12.4 Å². The molecule has 26 heavy (non-hydrogen) atoms. The Balaban J connectivity index is 2.11. The molecule has 0 unspecified atom stereocenters. The standard InChI is InChI=1S/C20H19FN4O/c1-4-14(10-22)15-6-8-18-24-19(13(3)20(26)25(18)11-15)23-17-7-5-12(2)9-16(17)21/h4-11,22-23H,1-3H3/b14-4+,22-10?. The van der Waals surface area contributed by atoms with Crippen LogP contribution < -0.4 is 10.9 Å². The third kappa shape index (κ3) is 3.13. The van der Waals surface area contributed by atoms with Gasteiger partial charge in [-0.05, 0) is 61.7 Å². The number of fused-ring (bicyclic) bond motifs is 1.